The zero-order chi connectivity index (χ0) is 15.5. The SMILES string of the molecule is Cc1cc(C(=O)N(CC(C)C)CC(F)(F)F)ccc1F. The maximum atomic E-state index is 13.1. The number of nitrogens with zero attached hydrogens (tertiary/aromatic N) is 1. The van der Waals surface area contributed by atoms with Crippen molar-refractivity contribution in [3.8, 4) is 0 Å². The fourth-order valence-electron chi connectivity index (χ4n) is 1.84. The largest absolute Gasteiger partial charge is 0.406 e. The third-order valence-corrected chi connectivity index (χ3v) is 2.65. The van der Waals surface area contributed by atoms with Gasteiger partial charge in [0.1, 0.15) is 12.4 Å². The number of rotatable bonds is 4. The molecule has 0 aliphatic rings. The van der Waals surface area contributed by atoms with Crippen LogP contribution in [0.3, 0.4) is 0 Å². The molecule has 0 aliphatic carbocycles. The molecule has 0 heterocycles. The van der Waals surface area contributed by atoms with Gasteiger partial charge in [0.15, 0.2) is 0 Å². The Balaban J connectivity index is 2.99. The lowest BCUT2D eigenvalue weighted by Gasteiger charge is -2.25. The van der Waals surface area contributed by atoms with Gasteiger partial charge in [-0.3, -0.25) is 4.79 Å². The number of amides is 1. The van der Waals surface area contributed by atoms with Crippen molar-refractivity contribution < 1.29 is 22.4 Å². The van der Waals surface area contributed by atoms with Crippen molar-refractivity contribution in [2.24, 2.45) is 5.92 Å². The van der Waals surface area contributed by atoms with E-state index in [1.807, 2.05) is 0 Å². The predicted molar refractivity (Wildman–Crippen MR) is 67.9 cm³/mol. The van der Waals surface area contributed by atoms with Crippen molar-refractivity contribution in [1.82, 2.24) is 4.90 Å². The molecular formula is C14H17F4NO. The summed E-state index contributed by atoms with van der Waals surface area (Å²) < 4.78 is 50.7. The lowest BCUT2D eigenvalue weighted by atomic mass is 10.1. The third-order valence-electron chi connectivity index (χ3n) is 2.65. The van der Waals surface area contributed by atoms with Gasteiger partial charge in [-0.25, -0.2) is 4.39 Å². The molecule has 0 aromatic heterocycles. The first kappa shape index (κ1) is 16.5. The Morgan fingerprint density at radius 2 is 1.90 bits per heavy atom. The molecule has 1 aromatic rings. The molecule has 1 rings (SSSR count). The second kappa shape index (κ2) is 6.24. The van der Waals surface area contributed by atoms with Crippen LogP contribution in [-0.4, -0.2) is 30.1 Å². The Kier molecular flexibility index (Phi) is 5.14. The molecule has 0 aliphatic heterocycles. The van der Waals surface area contributed by atoms with Gasteiger partial charge >= 0.3 is 6.18 Å². The zero-order valence-electron chi connectivity index (χ0n) is 11.6. The third kappa shape index (κ3) is 4.83. The summed E-state index contributed by atoms with van der Waals surface area (Å²) in [6, 6.07) is 3.56. The van der Waals surface area contributed by atoms with E-state index in [0.717, 1.165) is 11.0 Å². The summed E-state index contributed by atoms with van der Waals surface area (Å²) in [5, 5.41) is 0. The summed E-state index contributed by atoms with van der Waals surface area (Å²) in [6.07, 6.45) is -4.46. The van der Waals surface area contributed by atoms with Crippen molar-refractivity contribution >= 4 is 5.91 Å². The molecule has 0 unspecified atom stereocenters. The van der Waals surface area contributed by atoms with Crippen molar-refractivity contribution in [2.45, 2.75) is 26.9 Å². The average molecular weight is 291 g/mol. The number of halogens is 4. The summed E-state index contributed by atoms with van der Waals surface area (Å²) in [5.74, 6) is -1.32. The van der Waals surface area contributed by atoms with E-state index in [1.54, 1.807) is 13.8 Å². The first-order valence-electron chi connectivity index (χ1n) is 6.22. The first-order chi connectivity index (χ1) is 9.10. The van der Waals surface area contributed by atoms with Gasteiger partial charge in [-0.15, -0.1) is 0 Å². The number of hydrogen-bond acceptors (Lipinski definition) is 1. The fourth-order valence-corrected chi connectivity index (χ4v) is 1.84. The number of benzene rings is 1. The molecular weight excluding hydrogens is 274 g/mol. The Labute approximate surface area is 115 Å². The molecule has 0 saturated carbocycles. The van der Waals surface area contributed by atoms with Crippen LogP contribution in [-0.2, 0) is 0 Å². The van der Waals surface area contributed by atoms with Gasteiger partial charge in [-0.1, -0.05) is 13.8 Å². The molecule has 20 heavy (non-hydrogen) atoms. The minimum atomic E-state index is -4.46. The van der Waals surface area contributed by atoms with Crippen LogP contribution in [0, 0.1) is 18.7 Å². The second-order valence-corrected chi connectivity index (χ2v) is 5.16. The summed E-state index contributed by atoms with van der Waals surface area (Å²) in [7, 11) is 0. The second-order valence-electron chi connectivity index (χ2n) is 5.16. The highest BCUT2D eigenvalue weighted by Gasteiger charge is 2.33. The summed E-state index contributed by atoms with van der Waals surface area (Å²) in [5.41, 5.74) is 0.293. The van der Waals surface area contributed by atoms with Crippen LogP contribution in [0.5, 0.6) is 0 Å². The van der Waals surface area contributed by atoms with Crippen molar-refractivity contribution in [3.63, 3.8) is 0 Å². The number of carbonyl (C=O) groups is 1. The molecule has 0 spiro atoms. The van der Waals surface area contributed by atoms with Crippen LogP contribution in [0.15, 0.2) is 18.2 Å². The van der Waals surface area contributed by atoms with Crippen LogP contribution < -0.4 is 0 Å². The number of alkyl halides is 3. The van der Waals surface area contributed by atoms with E-state index >= 15 is 0 Å². The van der Waals surface area contributed by atoms with Crippen LogP contribution in [0.2, 0.25) is 0 Å². The molecule has 2 nitrogen and oxygen atoms in total. The molecule has 1 amide bonds. The molecule has 1 aromatic carbocycles. The smallest absolute Gasteiger partial charge is 0.329 e. The van der Waals surface area contributed by atoms with E-state index in [4.69, 9.17) is 0 Å². The van der Waals surface area contributed by atoms with Crippen molar-refractivity contribution in [2.75, 3.05) is 13.1 Å². The quantitative estimate of drug-likeness (QED) is 0.773. The molecule has 0 atom stereocenters. The van der Waals surface area contributed by atoms with Crippen molar-refractivity contribution in [1.29, 1.82) is 0 Å². The predicted octanol–water partition coefficient (Wildman–Crippen LogP) is 3.79. The van der Waals surface area contributed by atoms with Crippen LogP contribution in [0.1, 0.15) is 29.8 Å². The Hall–Kier alpha value is -1.59. The van der Waals surface area contributed by atoms with E-state index in [2.05, 4.69) is 0 Å². The van der Waals surface area contributed by atoms with Gasteiger partial charge in [0.2, 0.25) is 0 Å². The average Bonchev–Trinajstić information content (AvgIpc) is 2.28. The lowest BCUT2D eigenvalue weighted by Crippen LogP contribution is -2.41. The van der Waals surface area contributed by atoms with Gasteiger partial charge in [0.25, 0.3) is 5.91 Å². The van der Waals surface area contributed by atoms with Crippen LogP contribution >= 0.6 is 0 Å². The monoisotopic (exact) mass is 291 g/mol. The Morgan fingerprint density at radius 3 is 2.35 bits per heavy atom. The van der Waals surface area contributed by atoms with E-state index in [-0.39, 0.29) is 23.6 Å². The van der Waals surface area contributed by atoms with Crippen molar-refractivity contribution in [3.05, 3.63) is 35.1 Å². The summed E-state index contributed by atoms with van der Waals surface area (Å²) in [6.45, 7) is 3.61. The maximum Gasteiger partial charge on any atom is 0.406 e. The standard InChI is InChI=1S/C14H17F4NO/c1-9(2)7-19(8-14(16,17)18)13(20)11-4-5-12(15)10(3)6-11/h4-6,9H,7-8H2,1-3H3. The minimum absolute atomic E-state index is 0.00519. The van der Waals surface area contributed by atoms with Gasteiger partial charge in [-0.2, -0.15) is 13.2 Å². The fraction of sp³-hybridized carbons (Fsp3) is 0.500. The van der Waals surface area contributed by atoms with Crippen LogP contribution in [0.25, 0.3) is 0 Å². The highest BCUT2D eigenvalue weighted by molar-refractivity contribution is 5.94. The van der Waals surface area contributed by atoms with Gasteiger partial charge in [-0.05, 0) is 36.6 Å². The minimum Gasteiger partial charge on any atom is -0.329 e. The zero-order valence-corrected chi connectivity index (χ0v) is 11.6. The van der Waals surface area contributed by atoms with Gasteiger partial charge < -0.3 is 4.90 Å². The van der Waals surface area contributed by atoms with Gasteiger partial charge in [0.05, 0.1) is 0 Å². The maximum absolute atomic E-state index is 13.1. The van der Waals surface area contributed by atoms with E-state index in [0.29, 0.717) is 0 Å². The lowest BCUT2D eigenvalue weighted by molar-refractivity contribution is -0.141. The topological polar surface area (TPSA) is 20.3 Å². The molecule has 0 radical (unpaired) electrons. The van der Waals surface area contributed by atoms with E-state index < -0.39 is 24.4 Å². The molecule has 0 bridgehead atoms. The molecule has 112 valence electrons. The summed E-state index contributed by atoms with van der Waals surface area (Å²) in [4.78, 5) is 12.9. The number of aryl methyl sites for hydroxylation is 1. The highest BCUT2D eigenvalue weighted by Crippen LogP contribution is 2.20. The normalized spacial score (nSPS) is 11.8. The molecule has 0 saturated heterocycles. The summed E-state index contributed by atoms with van der Waals surface area (Å²) >= 11 is 0. The van der Waals surface area contributed by atoms with E-state index in [9.17, 15) is 22.4 Å². The number of hydrogen-bond donors (Lipinski definition) is 0. The first-order valence-corrected chi connectivity index (χ1v) is 6.22. The van der Waals surface area contributed by atoms with Gasteiger partial charge in [0, 0.05) is 12.1 Å². The van der Waals surface area contributed by atoms with E-state index in [1.165, 1.54) is 19.1 Å². The molecule has 0 fully saturated rings. The van der Waals surface area contributed by atoms with Crippen LogP contribution in [0.4, 0.5) is 17.6 Å². The highest BCUT2D eigenvalue weighted by atomic mass is 19.4. The Morgan fingerprint density at radius 1 is 1.30 bits per heavy atom. The molecule has 0 N–H and O–H groups in total. The number of carbonyl (C=O) groups excluding carboxylic acids is 1. The molecule has 6 heteroatoms. The Bertz CT molecular complexity index is 483.